The van der Waals surface area contributed by atoms with Gasteiger partial charge in [0.05, 0.1) is 16.8 Å². The molecule has 4 bridgehead atoms. The lowest BCUT2D eigenvalue weighted by molar-refractivity contribution is -0.136. The van der Waals surface area contributed by atoms with Crippen LogP contribution in [0, 0.1) is 17.8 Å². The summed E-state index contributed by atoms with van der Waals surface area (Å²) in [5, 5.41) is 9.26. The van der Waals surface area contributed by atoms with Crippen LogP contribution in [-0.4, -0.2) is 45.1 Å². The summed E-state index contributed by atoms with van der Waals surface area (Å²) in [6, 6.07) is 4.26. The third-order valence-corrected chi connectivity index (χ3v) is 10.9. The van der Waals surface area contributed by atoms with E-state index in [-0.39, 0.29) is 18.7 Å². The SMILES string of the molecule is O=C1CCC(N2C(=O)c3cccc(SCc4csc(CNC56CC7CC5CC7C6)n4)c3C2=O)C(=O)N1. The Labute approximate surface area is 216 Å². The molecule has 4 saturated carbocycles. The zero-order valence-electron chi connectivity index (χ0n) is 19.6. The minimum absolute atomic E-state index is 0.107. The number of amides is 4. The molecule has 1 aromatic carbocycles. The molecule has 5 fully saturated rings. The van der Waals surface area contributed by atoms with Crippen LogP contribution >= 0.6 is 23.1 Å². The molecule has 4 amide bonds. The summed E-state index contributed by atoms with van der Waals surface area (Å²) in [6.45, 7) is 0.805. The molecule has 2 aliphatic heterocycles. The first kappa shape index (κ1) is 22.6. The van der Waals surface area contributed by atoms with Gasteiger partial charge in [0.1, 0.15) is 11.0 Å². The molecule has 4 aliphatic carbocycles. The molecule has 3 unspecified atom stereocenters. The predicted octanol–water partition coefficient (Wildman–Crippen LogP) is 3.11. The first-order valence-electron chi connectivity index (χ1n) is 12.6. The van der Waals surface area contributed by atoms with E-state index in [2.05, 4.69) is 16.0 Å². The quantitative estimate of drug-likeness (QED) is 0.425. The second-order valence-corrected chi connectivity index (χ2v) is 12.7. The van der Waals surface area contributed by atoms with Crippen molar-refractivity contribution >= 4 is 46.7 Å². The van der Waals surface area contributed by atoms with Gasteiger partial charge in [-0.25, -0.2) is 4.98 Å². The number of carbonyl (C=O) groups excluding carboxylic acids is 4. The lowest BCUT2D eigenvalue weighted by atomic mass is 9.91. The number of imide groups is 2. The molecule has 0 spiro atoms. The molecule has 2 N–H and O–H groups in total. The number of benzene rings is 1. The Hall–Kier alpha value is -2.56. The van der Waals surface area contributed by atoms with Crippen molar-refractivity contribution in [2.75, 3.05) is 0 Å². The van der Waals surface area contributed by atoms with Crippen LogP contribution in [0.3, 0.4) is 0 Å². The second kappa shape index (κ2) is 8.22. The molecular weight excluding hydrogens is 496 g/mol. The number of fused-ring (bicyclic) bond motifs is 1. The maximum Gasteiger partial charge on any atom is 0.263 e. The third kappa shape index (κ3) is 3.41. The largest absolute Gasteiger partial charge is 0.305 e. The fourth-order valence-corrected chi connectivity index (χ4v) is 9.11. The minimum atomic E-state index is -0.957. The molecule has 6 aliphatic rings. The van der Waals surface area contributed by atoms with Crippen molar-refractivity contribution in [1.29, 1.82) is 0 Å². The molecule has 10 heteroatoms. The van der Waals surface area contributed by atoms with Gasteiger partial charge in [-0.05, 0) is 62.0 Å². The minimum Gasteiger partial charge on any atom is -0.305 e. The number of thioether (sulfide) groups is 1. The van der Waals surface area contributed by atoms with E-state index in [1.54, 1.807) is 23.5 Å². The molecule has 8 nitrogen and oxygen atoms in total. The van der Waals surface area contributed by atoms with Crippen LogP contribution in [0.5, 0.6) is 0 Å². The van der Waals surface area contributed by atoms with Gasteiger partial charge >= 0.3 is 0 Å². The van der Waals surface area contributed by atoms with Crippen LogP contribution in [0.15, 0.2) is 28.5 Å². The lowest BCUT2D eigenvalue weighted by Crippen LogP contribution is -2.54. The fourth-order valence-electron chi connectivity index (χ4n) is 7.31. The van der Waals surface area contributed by atoms with Crippen LogP contribution in [0.4, 0.5) is 0 Å². The Morgan fingerprint density at radius 2 is 1.94 bits per heavy atom. The van der Waals surface area contributed by atoms with E-state index in [9.17, 15) is 19.2 Å². The molecule has 1 saturated heterocycles. The Morgan fingerprint density at radius 3 is 2.67 bits per heavy atom. The Kier molecular flexibility index (Phi) is 5.17. The van der Waals surface area contributed by atoms with Crippen molar-refractivity contribution < 1.29 is 19.2 Å². The first-order chi connectivity index (χ1) is 17.4. The number of hydrogen-bond acceptors (Lipinski definition) is 8. The summed E-state index contributed by atoms with van der Waals surface area (Å²) in [5.41, 5.74) is 1.95. The van der Waals surface area contributed by atoms with Gasteiger partial charge < -0.3 is 5.32 Å². The average molecular weight is 523 g/mol. The van der Waals surface area contributed by atoms with E-state index >= 15 is 0 Å². The number of hydrogen-bond donors (Lipinski definition) is 2. The van der Waals surface area contributed by atoms with E-state index < -0.39 is 23.8 Å². The molecule has 0 radical (unpaired) electrons. The van der Waals surface area contributed by atoms with Gasteiger partial charge in [-0.15, -0.1) is 23.1 Å². The van der Waals surface area contributed by atoms with Gasteiger partial charge in [-0.1, -0.05) is 6.07 Å². The molecule has 36 heavy (non-hydrogen) atoms. The van der Waals surface area contributed by atoms with E-state index in [4.69, 9.17) is 4.98 Å². The summed E-state index contributed by atoms with van der Waals surface area (Å²) in [4.78, 5) is 56.7. The highest BCUT2D eigenvalue weighted by atomic mass is 32.2. The number of rotatable bonds is 7. The summed E-state index contributed by atoms with van der Waals surface area (Å²) >= 11 is 3.14. The van der Waals surface area contributed by atoms with Gasteiger partial charge in [0.25, 0.3) is 11.8 Å². The van der Waals surface area contributed by atoms with Crippen molar-refractivity contribution in [2.45, 2.75) is 67.3 Å². The van der Waals surface area contributed by atoms with Gasteiger partial charge in [0.2, 0.25) is 11.8 Å². The Morgan fingerprint density at radius 1 is 1.14 bits per heavy atom. The number of carbonyl (C=O) groups is 4. The van der Waals surface area contributed by atoms with Crippen LogP contribution in [0.1, 0.15) is 69.9 Å². The number of thiazole rings is 1. The highest BCUT2D eigenvalue weighted by molar-refractivity contribution is 7.98. The topological polar surface area (TPSA) is 108 Å². The van der Waals surface area contributed by atoms with Gasteiger partial charge in [0.15, 0.2) is 0 Å². The standard InChI is InChI=1S/C26H26N4O4S2/c31-20-5-4-18(23(32)29-20)30-24(33)17-2-1-3-19(22(17)25(30)34)35-11-16-12-36-21(28-16)10-27-26-8-13-6-15(26)7-14(13)9-26/h1-3,12-15,18,27H,4-11H2,(H,29,31,32). The molecule has 3 heterocycles. The zero-order chi connectivity index (χ0) is 24.6. The number of nitrogens with one attached hydrogen (secondary N) is 2. The van der Waals surface area contributed by atoms with Crippen LogP contribution < -0.4 is 10.6 Å². The van der Waals surface area contributed by atoms with Crippen molar-refractivity contribution in [2.24, 2.45) is 17.8 Å². The fraction of sp³-hybridized carbons (Fsp3) is 0.500. The maximum absolute atomic E-state index is 13.3. The average Bonchev–Trinajstić information content (AvgIpc) is 3.68. The molecule has 186 valence electrons. The van der Waals surface area contributed by atoms with E-state index in [1.165, 1.54) is 37.4 Å². The van der Waals surface area contributed by atoms with Crippen molar-refractivity contribution in [3.05, 3.63) is 45.4 Å². The molecule has 1 aromatic heterocycles. The normalized spacial score (nSPS) is 32.2. The van der Waals surface area contributed by atoms with Crippen LogP contribution in [0.2, 0.25) is 0 Å². The van der Waals surface area contributed by atoms with Gasteiger partial charge in [-0.3, -0.25) is 29.4 Å². The Bertz CT molecular complexity index is 1310. The van der Waals surface area contributed by atoms with Crippen LogP contribution in [0.25, 0.3) is 0 Å². The van der Waals surface area contributed by atoms with Crippen molar-refractivity contribution in [3.63, 3.8) is 0 Å². The van der Waals surface area contributed by atoms with Gasteiger partial charge in [-0.2, -0.15) is 0 Å². The highest BCUT2D eigenvalue weighted by Gasteiger charge is 2.62. The highest BCUT2D eigenvalue weighted by Crippen LogP contribution is 2.65. The molecule has 3 atom stereocenters. The molecular formula is C26H26N4O4S2. The number of aromatic nitrogens is 1. The summed E-state index contributed by atoms with van der Waals surface area (Å²) in [7, 11) is 0. The Balaban J connectivity index is 1.03. The number of piperidine rings is 1. The van der Waals surface area contributed by atoms with E-state index in [1.807, 2.05) is 6.07 Å². The van der Waals surface area contributed by atoms with E-state index in [0.29, 0.717) is 27.3 Å². The number of nitrogens with zero attached hydrogens (tertiary/aromatic N) is 2. The van der Waals surface area contributed by atoms with Crippen molar-refractivity contribution in [1.82, 2.24) is 20.5 Å². The van der Waals surface area contributed by atoms with E-state index in [0.717, 1.165) is 39.9 Å². The summed E-state index contributed by atoms with van der Waals surface area (Å²) in [5.74, 6) is 1.40. The molecule has 2 aromatic rings. The molecule has 8 rings (SSSR count). The zero-order valence-corrected chi connectivity index (χ0v) is 21.3. The smallest absolute Gasteiger partial charge is 0.263 e. The van der Waals surface area contributed by atoms with Gasteiger partial charge in [0, 0.05) is 34.5 Å². The lowest BCUT2D eigenvalue weighted by Gasteiger charge is -2.30. The summed E-state index contributed by atoms with van der Waals surface area (Å²) in [6.07, 6.45) is 5.73. The summed E-state index contributed by atoms with van der Waals surface area (Å²) < 4.78 is 0. The predicted molar refractivity (Wildman–Crippen MR) is 133 cm³/mol. The third-order valence-electron chi connectivity index (χ3n) is 8.87. The second-order valence-electron chi connectivity index (χ2n) is 10.8. The van der Waals surface area contributed by atoms with Crippen LogP contribution in [-0.2, 0) is 21.9 Å². The monoisotopic (exact) mass is 522 g/mol. The maximum atomic E-state index is 13.3. The first-order valence-corrected chi connectivity index (χ1v) is 14.4. The van der Waals surface area contributed by atoms with Crippen molar-refractivity contribution in [3.8, 4) is 0 Å².